The largest absolute Gasteiger partial charge is 0.487 e. The standard InChI is InChI=1S/C17H20N4OS/c1-14(10-21-8-2-7-20-21)18-9-15-3-5-17(6-4-15)22-11-16-12-23-13-19-16/h2-8,12-14,18H,9-11H2,1H3. The van der Waals surface area contributed by atoms with Gasteiger partial charge in [-0.2, -0.15) is 5.10 Å². The van der Waals surface area contributed by atoms with Crippen molar-refractivity contribution in [2.75, 3.05) is 0 Å². The molecule has 0 spiro atoms. The molecule has 0 bridgehead atoms. The fourth-order valence-electron chi connectivity index (χ4n) is 2.22. The van der Waals surface area contributed by atoms with E-state index in [0.29, 0.717) is 12.6 Å². The van der Waals surface area contributed by atoms with Gasteiger partial charge >= 0.3 is 0 Å². The normalized spacial score (nSPS) is 12.2. The molecule has 5 nitrogen and oxygen atoms in total. The van der Waals surface area contributed by atoms with E-state index in [-0.39, 0.29) is 0 Å². The van der Waals surface area contributed by atoms with Crippen LogP contribution in [0, 0.1) is 0 Å². The van der Waals surface area contributed by atoms with E-state index in [2.05, 4.69) is 34.5 Å². The highest BCUT2D eigenvalue weighted by Gasteiger charge is 2.03. The maximum atomic E-state index is 5.71. The Bertz CT molecular complexity index is 680. The van der Waals surface area contributed by atoms with Gasteiger partial charge in [-0.1, -0.05) is 12.1 Å². The van der Waals surface area contributed by atoms with E-state index >= 15 is 0 Å². The molecule has 2 aromatic heterocycles. The molecule has 2 heterocycles. The monoisotopic (exact) mass is 328 g/mol. The molecule has 3 rings (SSSR count). The van der Waals surface area contributed by atoms with Crippen molar-refractivity contribution in [1.29, 1.82) is 0 Å². The Labute approximate surface area is 140 Å². The van der Waals surface area contributed by atoms with E-state index in [4.69, 9.17) is 4.74 Å². The van der Waals surface area contributed by atoms with Crippen LogP contribution in [0.15, 0.2) is 53.6 Å². The lowest BCUT2D eigenvalue weighted by Gasteiger charge is -2.14. The smallest absolute Gasteiger partial charge is 0.131 e. The molecule has 0 aliphatic heterocycles. The summed E-state index contributed by atoms with van der Waals surface area (Å²) in [5, 5.41) is 9.72. The molecule has 0 aliphatic rings. The van der Waals surface area contributed by atoms with Crippen molar-refractivity contribution in [1.82, 2.24) is 20.1 Å². The van der Waals surface area contributed by atoms with Gasteiger partial charge in [0.25, 0.3) is 0 Å². The van der Waals surface area contributed by atoms with Crippen molar-refractivity contribution in [2.24, 2.45) is 0 Å². The van der Waals surface area contributed by atoms with Gasteiger partial charge in [0.15, 0.2) is 0 Å². The number of ether oxygens (including phenoxy) is 1. The molecule has 0 radical (unpaired) electrons. The molecule has 1 unspecified atom stereocenters. The fourth-order valence-corrected chi connectivity index (χ4v) is 2.76. The minimum Gasteiger partial charge on any atom is -0.487 e. The second-order valence-corrected chi connectivity index (χ2v) is 6.14. The molecule has 1 N–H and O–H groups in total. The number of rotatable bonds is 8. The van der Waals surface area contributed by atoms with E-state index < -0.39 is 0 Å². The first-order chi connectivity index (χ1) is 11.3. The van der Waals surface area contributed by atoms with Crippen LogP contribution >= 0.6 is 11.3 Å². The van der Waals surface area contributed by atoms with Gasteiger partial charge in [0.05, 0.1) is 17.7 Å². The number of hydrogen-bond donors (Lipinski definition) is 1. The Morgan fingerprint density at radius 2 is 2.17 bits per heavy atom. The van der Waals surface area contributed by atoms with Crippen LogP contribution < -0.4 is 10.1 Å². The Morgan fingerprint density at radius 3 is 2.87 bits per heavy atom. The molecule has 0 amide bonds. The lowest BCUT2D eigenvalue weighted by Crippen LogP contribution is -2.30. The first kappa shape index (κ1) is 15.7. The second-order valence-electron chi connectivity index (χ2n) is 5.42. The third kappa shape index (κ3) is 4.91. The van der Waals surface area contributed by atoms with Crippen molar-refractivity contribution in [3.8, 4) is 5.75 Å². The topological polar surface area (TPSA) is 52.0 Å². The van der Waals surface area contributed by atoms with Gasteiger partial charge in [0.1, 0.15) is 12.4 Å². The van der Waals surface area contributed by atoms with Gasteiger partial charge in [-0.05, 0) is 30.7 Å². The van der Waals surface area contributed by atoms with Crippen molar-refractivity contribution >= 4 is 11.3 Å². The number of hydrogen-bond acceptors (Lipinski definition) is 5. The van der Waals surface area contributed by atoms with Crippen molar-refractivity contribution in [3.63, 3.8) is 0 Å². The summed E-state index contributed by atoms with van der Waals surface area (Å²) in [6, 6.07) is 10.5. The van der Waals surface area contributed by atoms with Gasteiger partial charge in [0.2, 0.25) is 0 Å². The molecule has 120 valence electrons. The number of nitrogens with zero attached hydrogens (tertiary/aromatic N) is 3. The highest BCUT2D eigenvalue weighted by atomic mass is 32.1. The predicted octanol–water partition coefficient (Wildman–Crippen LogP) is 3.10. The zero-order valence-corrected chi connectivity index (χ0v) is 13.9. The Kier molecular flexibility index (Phi) is 5.39. The molecule has 0 saturated heterocycles. The van der Waals surface area contributed by atoms with Gasteiger partial charge in [0, 0.05) is 30.4 Å². The summed E-state index contributed by atoms with van der Waals surface area (Å²) in [7, 11) is 0. The van der Waals surface area contributed by atoms with Crippen LogP contribution in [0.25, 0.3) is 0 Å². The first-order valence-electron chi connectivity index (χ1n) is 7.59. The van der Waals surface area contributed by atoms with E-state index in [1.807, 2.05) is 40.0 Å². The minimum atomic E-state index is 0.357. The average molecular weight is 328 g/mol. The summed E-state index contributed by atoms with van der Waals surface area (Å²) < 4.78 is 7.65. The van der Waals surface area contributed by atoms with Crippen LogP contribution in [-0.4, -0.2) is 20.8 Å². The van der Waals surface area contributed by atoms with Gasteiger partial charge in [-0.25, -0.2) is 4.98 Å². The highest BCUT2D eigenvalue weighted by Crippen LogP contribution is 2.14. The van der Waals surface area contributed by atoms with E-state index in [1.165, 1.54) is 5.56 Å². The third-order valence-electron chi connectivity index (χ3n) is 3.47. The number of thiazole rings is 1. The van der Waals surface area contributed by atoms with Crippen LogP contribution in [0.1, 0.15) is 18.2 Å². The summed E-state index contributed by atoms with van der Waals surface area (Å²) >= 11 is 1.58. The van der Waals surface area contributed by atoms with E-state index in [9.17, 15) is 0 Å². The van der Waals surface area contributed by atoms with Crippen molar-refractivity contribution in [2.45, 2.75) is 32.7 Å². The Morgan fingerprint density at radius 1 is 1.30 bits per heavy atom. The Hall–Kier alpha value is -2.18. The molecule has 1 aromatic carbocycles. The molecular weight excluding hydrogens is 308 g/mol. The molecule has 6 heteroatoms. The summed E-state index contributed by atoms with van der Waals surface area (Å²) in [6.45, 7) is 4.37. The Balaban J connectivity index is 1.43. The van der Waals surface area contributed by atoms with E-state index in [0.717, 1.165) is 24.5 Å². The van der Waals surface area contributed by atoms with Crippen LogP contribution in [0.3, 0.4) is 0 Å². The number of nitrogens with one attached hydrogen (secondary N) is 1. The summed E-state index contributed by atoms with van der Waals surface area (Å²) in [4.78, 5) is 4.20. The predicted molar refractivity (Wildman–Crippen MR) is 91.4 cm³/mol. The molecule has 0 aliphatic carbocycles. The zero-order valence-electron chi connectivity index (χ0n) is 13.1. The van der Waals surface area contributed by atoms with Gasteiger partial charge < -0.3 is 10.1 Å². The van der Waals surface area contributed by atoms with Crippen molar-refractivity contribution in [3.05, 3.63) is 64.9 Å². The van der Waals surface area contributed by atoms with Gasteiger partial charge in [-0.15, -0.1) is 11.3 Å². The quantitative estimate of drug-likeness (QED) is 0.690. The molecule has 23 heavy (non-hydrogen) atoms. The SMILES string of the molecule is CC(Cn1cccn1)NCc1ccc(OCc2cscn2)cc1. The van der Waals surface area contributed by atoms with Crippen LogP contribution in [0.5, 0.6) is 5.75 Å². The van der Waals surface area contributed by atoms with E-state index in [1.54, 1.807) is 17.5 Å². The summed E-state index contributed by atoms with van der Waals surface area (Å²) in [5.74, 6) is 0.867. The molecule has 1 atom stereocenters. The molecule has 3 aromatic rings. The van der Waals surface area contributed by atoms with Gasteiger partial charge in [-0.3, -0.25) is 4.68 Å². The molecule has 0 saturated carbocycles. The zero-order chi connectivity index (χ0) is 15.9. The molecule has 0 fully saturated rings. The maximum Gasteiger partial charge on any atom is 0.131 e. The maximum absolute atomic E-state index is 5.71. The summed E-state index contributed by atoms with van der Waals surface area (Å²) in [6.07, 6.45) is 3.78. The summed E-state index contributed by atoms with van der Waals surface area (Å²) in [5.41, 5.74) is 4.02. The average Bonchev–Trinajstić information content (AvgIpc) is 3.25. The lowest BCUT2D eigenvalue weighted by molar-refractivity contribution is 0.302. The van der Waals surface area contributed by atoms with Crippen LogP contribution in [0.2, 0.25) is 0 Å². The van der Waals surface area contributed by atoms with Crippen LogP contribution in [0.4, 0.5) is 0 Å². The second kappa shape index (κ2) is 7.89. The molecular formula is C17H20N4OS. The van der Waals surface area contributed by atoms with Crippen LogP contribution in [-0.2, 0) is 19.7 Å². The number of benzene rings is 1. The minimum absolute atomic E-state index is 0.357. The lowest BCUT2D eigenvalue weighted by atomic mass is 10.2. The van der Waals surface area contributed by atoms with Crippen molar-refractivity contribution < 1.29 is 4.74 Å². The highest BCUT2D eigenvalue weighted by molar-refractivity contribution is 7.07. The number of aromatic nitrogens is 3. The first-order valence-corrected chi connectivity index (χ1v) is 8.53. The fraction of sp³-hybridized carbons (Fsp3) is 0.294. The third-order valence-corrected chi connectivity index (χ3v) is 4.10.